The third-order valence-corrected chi connectivity index (χ3v) is 6.01. The average molecular weight is 398 g/mol. The van der Waals surface area contributed by atoms with Crippen molar-refractivity contribution in [1.82, 2.24) is 5.32 Å². The van der Waals surface area contributed by atoms with Crippen molar-refractivity contribution in [2.45, 2.75) is 25.3 Å². The van der Waals surface area contributed by atoms with Crippen molar-refractivity contribution in [1.29, 1.82) is 0 Å². The molecule has 0 aliphatic heterocycles. The van der Waals surface area contributed by atoms with Gasteiger partial charge in [0, 0.05) is 0 Å². The van der Waals surface area contributed by atoms with E-state index in [4.69, 9.17) is 4.42 Å². The van der Waals surface area contributed by atoms with Gasteiger partial charge in [0.1, 0.15) is 12.3 Å². The molecule has 0 aliphatic carbocycles. The van der Waals surface area contributed by atoms with Gasteiger partial charge in [0.15, 0.2) is 0 Å². The average Bonchev–Trinajstić information content (AvgIpc) is 3.18. The van der Waals surface area contributed by atoms with E-state index in [2.05, 4.69) is 5.32 Å². The minimum absolute atomic E-state index is 0.137. The van der Waals surface area contributed by atoms with Gasteiger partial charge in [-0.25, -0.2) is 8.42 Å². The number of sulfonamides is 1. The van der Waals surface area contributed by atoms with Crippen LogP contribution in [0.25, 0.3) is 0 Å². The van der Waals surface area contributed by atoms with Crippen molar-refractivity contribution in [3.8, 4) is 0 Å². The molecule has 1 aromatic heterocycles. The second-order valence-corrected chi connectivity index (χ2v) is 8.38. The van der Waals surface area contributed by atoms with E-state index in [0.29, 0.717) is 11.4 Å². The smallest absolute Gasteiger partial charge is 0.264 e. The summed E-state index contributed by atoms with van der Waals surface area (Å²) in [6.45, 7) is 3.62. The van der Waals surface area contributed by atoms with Gasteiger partial charge in [-0.05, 0) is 55.8 Å². The molecule has 7 heteroatoms. The highest BCUT2D eigenvalue weighted by molar-refractivity contribution is 7.92. The van der Waals surface area contributed by atoms with Gasteiger partial charge in [-0.15, -0.1) is 0 Å². The third kappa shape index (κ3) is 4.61. The van der Waals surface area contributed by atoms with Gasteiger partial charge in [0.05, 0.1) is 23.4 Å². The van der Waals surface area contributed by atoms with Crippen molar-refractivity contribution in [2.75, 3.05) is 10.8 Å². The maximum absolute atomic E-state index is 13.3. The van der Waals surface area contributed by atoms with Crippen LogP contribution in [0.2, 0.25) is 0 Å². The molecule has 3 aromatic rings. The van der Waals surface area contributed by atoms with E-state index in [1.807, 2.05) is 19.9 Å². The molecule has 6 nitrogen and oxygen atoms in total. The Bertz CT molecular complexity index is 1040. The monoisotopic (exact) mass is 398 g/mol. The second-order valence-electron chi connectivity index (χ2n) is 6.52. The highest BCUT2D eigenvalue weighted by Crippen LogP contribution is 2.24. The Balaban J connectivity index is 1.88. The van der Waals surface area contributed by atoms with Crippen LogP contribution in [0, 0.1) is 13.8 Å². The van der Waals surface area contributed by atoms with E-state index in [1.54, 1.807) is 54.6 Å². The van der Waals surface area contributed by atoms with Crippen LogP contribution < -0.4 is 9.62 Å². The summed E-state index contributed by atoms with van der Waals surface area (Å²) >= 11 is 0. The summed E-state index contributed by atoms with van der Waals surface area (Å²) in [6.07, 6.45) is 1.52. The highest BCUT2D eigenvalue weighted by Gasteiger charge is 2.27. The Morgan fingerprint density at radius 3 is 2.39 bits per heavy atom. The molecule has 0 saturated heterocycles. The first-order valence-corrected chi connectivity index (χ1v) is 10.3. The van der Waals surface area contributed by atoms with Crippen molar-refractivity contribution in [3.05, 3.63) is 83.8 Å². The summed E-state index contributed by atoms with van der Waals surface area (Å²) in [6, 6.07) is 17.1. The van der Waals surface area contributed by atoms with Crippen LogP contribution in [0.3, 0.4) is 0 Å². The number of rotatable bonds is 7. The Morgan fingerprint density at radius 1 is 1.00 bits per heavy atom. The lowest BCUT2D eigenvalue weighted by molar-refractivity contribution is -0.119. The molecule has 1 N–H and O–H groups in total. The largest absolute Gasteiger partial charge is 0.467 e. The van der Waals surface area contributed by atoms with Gasteiger partial charge in [-0.1, -0.05) is 29.8 Å². The van der Waals surface area contributed by atoms with Crippen LogP contribution in [0.15, 0.2) is 76.2 Å². The van der Waals surface area contributed by atoms with Crippen molar-refractivity contribution in [2.24, 2.45) is 0 Å². The van der Waals surface area contributed by atoms with Gasteiger partial charge in [0.2, 0.25) is 5.91 Å². The summed E-state index contributed by atoms with van der Waals surface area (Å²) in [4.78, 5) is 12.6. The first-order valence-electron chi connectivity index (χ1n) is 8.81. The fraction of sp³-hybridized carbons (Fsp3) is 0.190. The lowest BCUT2D eigenvalue weighted by Crippen LogP contribution is -2.40. The van der Waals surface area contributed by atoms with Crippen LogP contribution >= 0.6 is 0 Å². The fourth-order valence-corrected chi connectivity index (χ4v) is 4.13. The number of hydrogen-bond acceptors (Lipinski definition) is 4. The summed E-state index contributed by atoms with van der Waals surface area (Å²) in [5, 5.41) is 2.69. The summed E-state index contributed by atoms with van der Waals surface area (Å²) in [5.41, 5.74) is 2.29. The molecule has 2 aromatic carbocycles. The molecule has 0 unspecified atom stereocenters. The van der Waals surface area contributed by atoms with Crippen LogP contribution in [0.1, 0.15) is 16.9 Å². The fourth-order valence-electron chi connectivity index (χ4n) is 2.72. The van der Waals surface area contributed by atoms with Gasteiger partial charge in [-0.3, -0.25) is 9.10 Å². The number of nitrogens with zero attached hydrogens (tertiary/aromatic N) is 1. The number of carbonyl (C=O) groups excluding carboxylic acids is 1. The van der Waals surface area contributed by atoms with Crippen LogP contribution in [0.5, 0.6) is 0 Å². The zero-order valence-electron chi connectivity index (χ0n) is 15.8. The van der Waals surface area contributed by atoms with Crippen molar-refractivity contribution < 1.29 is 17.6 Å². The molecule has 0 saturated carbocycles. The molecule has 0 aliphatic rings. The standard InChI is InChI=1S/C21H22N2O4S/c1-16-8-10-20(11-9-16)28(25,26)23(18-6-3-5-17(2)13-18)15-21(24)22-14-19-7-4-12-27-19/h3-13H,14-15H2,1-2H3,(H,22,24). The minimum atomic E-state index is -3.91. The highest BCUT2D eigenvalue weighted by atomic mass is 32.2. The number of aryl methyl sites for hydroxylation is 2. The Hall–Kier alpha value is -3.06. The van der Waals surface area contributed by atoms with E-state index in [1.165, 1.54) is 6.26 Å². The maximum atomic E-state index is 13.3. The Kier molecular flexibility index (Phi) is 5.84. The first kappa shape index (κ1) is 19.7. The molecule has 0 fully saturated rings. The van der Waals surface area contributed by atoms with Gasteiger partial charge < -0.3 is 9.73 Å². The molecular formula is C21H22N2O4S. The number of nitrogens with one attached hydrogen (secondary N) is 1. The minimum Gasteiger partial charge on any atom is -0.467 e. The Labute approximate surface area is 164 Å². The topological polar surface area (TPSA) is 79.6 Å². The predicted molar refractivity (Wildman–Crippen MR) is 107 cm³/mol. The zero-order chi connectivity index (χ0) is 20.1. The molecule has 0 spiro atoms. The normalized spacial score (nSPS) is 11.2. The molecule has 1 heterocycles. The first-order chi connectivity index (χ1) is 13.4. The van der Waals surface area contributed by atoms with Crippen LogP contribution in [-0.4, -0.2) is 20.9 Å². The third-order valence-electron chi connectivity index (χ3n) is 4.23. The second kappa shape index (κ2) is 8.31. The molecule has 1 amide bonds. The molecule has 0 radical (unpaired) electrons. The van der Waals surface area contributed by atoms with E-state index < -0.39 is 15.9 Å². The quantitative estimate of drug-likeness (QED) is 0.661. The van der Waals surface area contributed by atoms with E-state index >= 15 is 0 Å². The molecule has 0 bridgehead atoms. The number of carbonyl (C=O) groups is 1. The van der Waals surface area contributed by atoms with Crippen LogP contribution in [-0.2, 0) is 21.4 Å². The van der Waals surface area contributed by atoms with Crippen molar-refractivity contribution >= 4 is 21.6 Å². The molecular weight excluding hydrogens is 376 g/mol. The molecule has 146 valence electrons. The summed E-state index contributed by atoms with van der Waals surface area (Å²) in [5.74, 6) is 0.172. The van der Waals surface area contributed by atoms with E-state index in [9.17, 15) is 13.2 Å². The number of benzene rings is 2. The van der Waals surface area contributed by atoms with Gasteiger partial charge in [-0.2, -0.15) is 0 Å². The van der Waals surface area contributed by atoms with Crippen molar-refractivity contribution in [3.63, 3.8) is 0 Å². The zero-order valence-corrected chi connectivity index (χ0v) is 16.6. The SMILES string of the molecule is Cc1ccc(S(=O)(=O)N(CC(=O)NCc2ccco2)c2cccc(C)c2)cc1. The number of anilines is 1. The molecule has 3 rings (SSSR count). The van der Waals surface area contributed by atoms with Crippen LogP contribution in [0.4, 0.5) is 5.69 Å². The van der Waals surface area contributed by atoms with Gasteiger partial charge >= 0.3 is 0 Å². The number of hydrogen-bond donors (Lipinski definition) is 1. The van der Waals surface area contributed by atoms with Gasteiger partial charge in [0.25, 0.3) is 10.0 Å². The number of furan rings is 1. The number of amides is 1. The maximum Gasteiger partial charge on any atom is 0.264 e. The predicted octanol–water partition coefficient (Wildman–Crippen LogP) is 3.41. The lowest BCUT2D eigenvalue weighted by Gasteiger charge is -2.24. The summed E-state index contributed by atoms with van der Waals surface area (Å²) < 4.78 is 32.8. The molecule has 28 heavy (non-hydrogen) atoms. The Morgan fingerprint density at radius 2 is 1.75 bits per heavy atom. The lowest BCUT2D eigenvalue weighted by atomic mass is 10.2. The summed E-state index contributed by atoms with van der Waals surface area (Å²) in [7, 11) is -3.91. The van der Waals surface area contributed by atoms with E-state index in [-0.39, 0.29) is 18.0 Å². The molecule has 0 atom stereocenters. The van der Waals surface area contributed by atoms with E-state index in [0.717, 1.165) is 15.4 Å².